The predicted octanol–water partition coefficient (Wildman–Crippen LogP) is 9.57. The van der Waals surface area contributed by atoms with E-state index in [1.807, 2.05) is 24.3 Å². The third-order valence-corrected chi connectivity index (χ3v) is 8.22. The average molecular weight is 533 g/mol. The topological polar surface area (TPSA) is 52.0 Å². The molecular formula is C38H48N2. The van der Waals surface area contributed by atoms with Crippen molar-refractivity contribution in [2.24, 2.45) is 5.92 Å². The highest BCUT2D eigenvalue weighted by molar-refractivity contribution is 5.41. The highest BCUT2D eigenvalue weighted by atomic mass is 14.5. The van der Waals surface area contributed by atoms with Crippen molar-refractivity contribution in [2.75, 3.05) is 11.5 Å². The van der Waals surface area contributed by atoms with Crippen LogP contribution in [0, 0.1) is 5.92 Å². The molecule has 4 N–H and O–H groups in total. The first-order valence-electron chi connectivity index (χ1n) is 15.4. The van der Waals surface area contributed by atoms with Crippen LogP contribution < -0.4 is 11.5 Å². The van der Waals surface area contributed by atoms with E-state index in [1.54, 1.807) is 0 Å². The molecule has 0 aromatic heterocycles. The first-order valence-corrected chi connectivity index (χ1v) is 15.4. The van der Waals surface area contributed by atoms with Crippen molar-refractivity contribution in [3.63, 3.8) is 0 Å². The van der Waals surface area contributed by atoms with Crippen molar-refractivity contribution in [1.82, 2.24) is 0 Å². The summed E-state index contributed by atoms with van der Waals surface area (Å²) >= 11 is 0. The second kappa shape index (κ2) is 15.9. The van der Waals surface area contributed by atoms with Gasteiger partial charge in [-0.05, 0) is 102 Å². The zero-order valence-electron chi connectivity index (χ0n) is 24.5. The first-order chi connectivity index (χ1) is 19.6. The molecule has 0 amide bonds. The quantitative estimate of drug-likeness (QED) is 0.111. The van der Waals surface area contributed by atoms with Gasteiger partial charge in [0.1, 0.15) is 0 Å². The molecule has 2 nitrogen and oxygen atoms in total. The van der Waals surface area contributed by atoms with Crippen LogP contribution in [0.25, 0.3) is 0 Å². The predicted molar refractivity (Wildman–Crippen MR) is 174 cm³/mol. The van der Waals surface area contributed by atoms with Gasteiger partial charge in [0.05, 0.1) is 0 Å². The molecule has 0 saturated carbocycles. The number of rotatable bonds is 16. The molecule has 0 radical (unpaired) electrons. The third kappa shape index (κ3) is 10.2. The SMILES string of the molecule is CCCCCCCC(CCc1ccc(Cc2ccc(N)cc2)cc1)CCc1ccc(Cc2ccc(N)cc2)cc1. The minimum atomic E-state index is 0.783. The lowest BCUT2D eigenvalue weighted by molar-refractivity contribution is 0.399. The highest BCUT2D eigenvalue weighted by Gasteiger charge is 2.11. The summed E-state index contributed by atoms with van der Waals surface area (Å²) < 4.78 is 0. The Morgan fingerprint density at radius 2 is 0.775 bits per heavy atom. The van der Waals surface area contributed by atoms with Gasteiger partial charge in [0.2, 0.25) is 0 Å². The molecular weight excluding hydrogens is 484 g/mol. The standard InChI is InChI=1S/C38H48N2/c1-2-3-4-5-6-7-30(8-10-31-12-16-33(17-13-31)28-35-20-24-37(39)25-21-35)9-11-32-14-18-34(19-15-32)29-36-22-26-38(40)27-23-36/h12-27,30H,2-11,28-29,39-40H2,1H3. The van der Waals surface area contributed by atoms with Gasteiger partial charge < -0.3 is 11.5 Å². The maximum Gasteiger partial charge on any atom is 0.0314 e. The lowest BCUT2D eigenvalue weighted by Crippen LogP contribution is -2.05. The maximum atomic E-state index is 5.84. The molecule has 4 aromatic carbocycles. The van der Waals surface area contributed by atoms with Gasteiger partial charge >= 0.3 is 0 Å². The fourth-order valence-electron chi connectivity index (χ4n) is 5.60. The summed E-state index contributed by atoms with van der Waals surface area (Å²) in [6.45, 7) is 2.30. The first kappa shape index (κ1) is 29.5. The molecule has 0 fully saturated rings. The second-order valence-corrected chi connectivity index (χ2v) is 11.6. The summed E-state index contributed by atoms with van der Waals surface area (Å²) in [7, 11) is 0. The number of nitrogens with two attached hydrogens (primary N) is 2. The van der Waals surface area contributed by atoms with Gasteiger partial charge in [0.15, 0.2) is 0 Å². The van der Waals surface area contributed by atoms with Crippen molar-refractivity contribution >= 4 is 11.4 Å². The van der Waals surface area contributed by atoms with Crippen LogP contribution in [-0.2, 0) is 25.7 Å². The molecule has 0 heterocycles. The van der Waals surface area contributed by atoms with E-state index >= 15 is 0 Å². The van der Waals surface area contributed by atoms with Gasteiger partial charge in [-0.2, -0.15) is 0 Å². The normalized spacial score (nSPS) is 11.2. The van der Waals surface area contributed by atoms with Crippen molar-refractivity contribution in [2.45, 2.75) is 84.0 Å². The zero-order chi connectivity index (χ0) is 28.0. The third-order valence-electron chi connectivity index (χ3n) is 8.22. The molecule has 4 rings (SSSR count). The number of nitrogen functional groups attached to an aromatic ring is 2. The van der Waals surface area contributed by atoms with Crippen molar-refractivity contribution < 1.29 is 0 Å². The number of anilines is 2. The summed E-state index contributed by atoms with van der Waals surface area (Å²) in [6.07, 6.45) is 15.0. The van der Waals surface area contributed by atoms with Crippen molar-refractivity contribution in [1.29, 1.82) is 0 Å². The molecule has 0 spiro atoms. The van der Waals surface area contributed by atoms with E-state index in [-0.39, 0.29) is 0 Å². The van der Waals surface area contributed by atoms with Gasteiger partial charge in [-0.25, -0.2) is 0 Å². The molecule has 0 aliphatic heterocycles. The molecule has 0 aliphatic rings. The Morgan fingerprint density at radius 1 is 0.425 bits per heavy atom. The smallest absolute Gasteiger partial charge is 0.0314 e. The number of hydrogen-bond acceptors (Lipinski definition) is 2. The number of hydrogen-bond donors (Lipinski definition) is 2. The summed E-state index contributed by atoms with van der Waals surface area (Å²) in [5.41, 5.74) is 21.6. The molecule has 4 aromatic rings. The van der Waals surface area contributed by atoms with Crippen LogP contribution in [-0.4, -0.2) is 0 Å². The molecule has 0 saturated heterocycles. The lowest BCUT2D eigenvalue weighted by atomic mass is 9.88. The summed E-state index contributed by atoms with van der Waals surface area (Å²) in [6, 6.07) is 35.0. The van der Waals surface area contributed by atoms with Crippen LogP contribution in [0.5, 0.6) is 0 Å². The van der Waals surface area contributed by atoms with E-state index in [2.05, 4.69) is 79.7 Å². The van der Waals surface area contributed by atoms with Crippen LogP contribution in [0.3, 0.4) is 0 Å². The Labute approximate surface area is 242 Å². The Kier molecular flexibility index (Phi) is 11.7. The van der Waals surface area contributed by atoms with Gasteiger partial charge in [-0.15, -0.1) is 0 Å². The molecule has 2 heteroatoms. The molecule has 0 bridgehead atoms. The van der Waals surface area contributed by atoms with Crippen LogP contribution in [0.2, 0.25) is 0 Å². The average Bonchev–Trinajstić information content (AvgIpc) is 2.98. The summed E-state index contributed by atoms with van der Waals surface area (Å²) in [5.74, 6) is 0.783. The van der Waals surface area contributed by atoms with Crippen LogP contribution in [0.1, 0.15) is 91.7 Å². The second-order valence-electron chi connectivity index (χ2n) is 11.6. The Bertz CT molecular complexity index is 1140. The Morgan fingerprint density at radius 3 is 1.18 bits per heavy atom. The van der Waals surface area contributed by atoms with Crippen molar-refractivity contribution in [3.05, 3.63) is 130 Å². The van der Waals surface area contributed by atoms with Gasteiger partial charge in [-0.1, -0.05) is 118 Å². The minimum Gasteiger partial charge on any atom is -0.399 e. The minimum absolute atomic E-state index is 0.783. The van der Waals surface area contributed by atoms with Crippen LogP contribution in [0.15, 0.2) is 97.1 Å². The lowest BCUT2D eigenvalue weighted by Gasteiger charge is -2.17. The van der Waals surface area contributed by atoms with E-state index in [9.17, 15) is 0 Å². The van der Waals surface area contributed by atoms with E-state index in [4.69, 9.17) is 11.5 Å². The number of benzene rings is 4. The van der Waals surface area contributed by atoms with Crippen molar-refractivity contribution in [3.8, 4) is 0 Å². The Hall–Kier alpha value is -3.52. The zero-order valence-corrected chi connectivity index (χ0v) is 24.5. The maximum absolute atomic E-state index is 5.84. The van der Waals surface area contributed by atoms with Gasteiger partial charge in [0.25, 0.3) is 0 Å². The van der Waals surface area contributed by atoms with E-state index in [1.165, 1.54) is 97.6 Å². The monoisotopic (exact) mass is 532 g/mol. The summed E-state index contributed by atoms with van der Waals surface area (Å²) in [5, 5.41) is 0. The molecule has 0 aliphatic carbocycles. The Balaban J connectivity index is 1.28. The van der Waals surface area contributed by atoms with E-state index < -0.39 is 0 Å². The molecule has 0 atom stereocenters. The van der Waals surface area contributed by atoms with E-state index in [0.717, 1.165) is 30.1 Å². The largest absolute Gasteiger partial charge is 0.399 e. The fourth-order valence-corrected chi connectivity index (χ4v) is 5.60. The molecule has 0 unspecified atom stereocenters. The number of unbranched alkanes of at least 4 members (excludes halogenated alkanes) is 4. The molecule has 40 heavy (non-hydrogen) atoms. The highest BCUT2D eigenvalue weighted by Crippen LogP contribution is 2.24. The van der Waals surface area contributed by atoms with Crippen LogP contribution >= 0.6 is 0 Å². The molecule has 210 valence electrons. The van der Waals surface area contributed by atoms with Gasteiger partial charge in [0, 0.05) is 11.4 Å². The van der Waals surface area contributed by atoms with Gasteiger partial charge in [-0.3, -0.25) is 0 Å². The fraction of sp³-hybridized carbons (Fsp3) is 0.368. The summed E-state index contributed by atoms with van der Waals surface area (Å²) in [4.78, 5) is 0. The number of aryl methyl sites for hydroxylation is 2. The van der Waals surface area contributed by atoms with E-state index in [0.29, 0.717) is 0 Å². The van der Waals surface area contributed by atoms with Crippen LogP contribution in [0.4, 0.5) is 11.4 Å².